The molecular weight excluding hydrogens is 290 g/mol. The number of rotatable bonds is 8. The van der Waals surface area contributed by atoms with Crippen molar-refractivity contribution < 1.29 is 4.74 Å². The van der Waals surface area contributed by atoms with Crippen LogP contribution in [0.1, 0.15) is 32.6 Å². The van der Waals surface area contributed by atoms with Crippen LogP contribution in [0.5, 0.6) is 0 Å². The van der Waals surface area contributed by atoms with Crippen LogP contribution < -0.4 is 5.32 Å². The molecule has 0 aromatic heterocycles. The smallest absolute Gasteiger partial charge is 0.0576 e. The number of nitrogens with one attached hydrogen (secondary N) is 1. The topological polar surface area (TPSA) is 21.3 Å². The van der Waals surface area contributed by atoms with Crippen LogP contribution in [0.2, 0.25) is 5.02 Å². The molecule has 1 heterocycles. The van der Waals surface area contributed by atoms with Gasteiger partial charge in [-0.25, -0.2) is 0 Å². The van der Waals surface area contributed by atoms with E-state index in [0.717, 1.165) is 23.9 Å². The Labute approximate surface area is 131 Å². The van der Waals surface area contributed by atoms with Gasteiger partial charge in [0.05, 0.1) is 11.1 Å². The zero-order valence-corrected chi connectivity index (χ0v) is 13.7. The summed E-state index contributed by atoms with van der Waals surface area (Å²) >= 11 is 8.05. The Hall–Kier alpha value is -0.220. The van der Waals surface area contributed by atoms with Gasteiger partial charge in [0, 0.05) is 23.3 Å². The predicted molar refractivity (Wildman–Crippen MR) is 87.8 cm³/mol. The summed E-state index contributed by atoms with van der Waals surface area (Å²) in [6, 6.07) is 8.61. The van der Waals surface area contributed by atoms with Crippen LogP contribution in [-0.4, -0.2) is 31.1 Å². The van der Waals surface area contributed by atoms with Crippen LogP contribution in [-0.2, 0) is 4.74 Å². The molecule has 1 aliphatic rings. The molecule has 2 nitrogen and oxygen atoms in total. The molecule has 20 heavy (non-hydrogen) atoms. The fourth-order valence-corrected chi connectivity index (χ4v) is 3.89. The summed E-state index contributed by atoms with van der Waals surface area (Å²) in [5, 5.41) is 4.43. The van der Waals surface area contributed by atoms with Gasteiger partial charge in [0.1, 0.15) is 0 Å². The summed E-state index contributed by atoms with van der Waals surface area (Å²) in [5.41, 5.74) is 0. The molecule has 2 atom stereocenters. The Morgan fingerprint density at radius 1 is 1.45 bits per heavy atom. The number of benzene rings is 1. The van der Waals surface area contributed by atoms with Crippen LogP contribution in [0.25, 0.3) is 0 Å². The zero-order chi connectivity index (χ0) is 14.2. The van der Waals surface area contributed by atoms with Gasteiger partial charge < -0.3 is 10.1 Å². The first kappa shape index (κ1) is 16.2. The lowest BCUT2D eigenvalue weighted by molar-refractivity contribution is 0.100. The molecule has 2 rings (SSSR count). The summed E-state index contributed by atoms with van der Waals surface area (Å²) in [4.78, 5) is 1.18. The van der Waals surface area contributed by atoms with Crippen molar-refractivity contribution in [2.24, 2.45) is 0 Å². The number of hydrogen-bond acceptors (Lipinski definition) is 3. The van der Waals surface area contributed by atoms with Gasteiger partial charge in [0.15, 0.2) is 0 Å². The van der Waals surface area contributed by atoms with Crippen molar-refractivity contribution in [1.29, 1.82) is 0 Å². The highest BCUT2D eigenvalue weighted by Crippen LogP contribution is 2.28. The molecule has 1 aliphatic heterocycles. The standard InChI is InChI=1S/C16H24ClNOS/c1-2-18-13(9-10-14-6-5-11-19-14)12-20-16-8-4-3-7-15(16)17/h3-4,7-8,13-14,18H,2,5-6,9-12H2,1H3. The lowest BCUT2D eigenvalue weighted by atomic mass is 10.1. The van der Waals surface area contributed by atoms with E-state index < -0.39 is 0 Å². The van der Waals surface area contributed by atoms with Gasteiger partial charge in [0.25, 0.3) is 0 Å². The van der Waals surface area contributed by atoms with Crippen LogP contribution in [0.15, 0.2) is 29.2 Å². The van der Waals surface area contributed by atoms with Crippen molar-refractivity contribution in [3.63, 3.8) is 0 Å². The second-order valence-corrected chi connectivity index (χ2v) is 6.68. The molecule has 0 saturated carbocycles. The highest BCUT2D eigenvalue weighted by Gasteiger charge is 2.18. The van der Waals surface area contributed by atoms with E-state index >= 15 is 0 Å². The van der Waals surface area contributed by atoms with E-state index in [9.17, 15) is 0 Å². The van der Waals surface area contributed by atoms with Gasteiger partial charge in [-0.3, -0.25) is 0 Å². The molecule has 0 amide bonds. The number of ether oxygens (including phenoxy) is 1. The Morgan fingerprint density at radius 2 is 2.30 bits per heavy atom. The van der Waals surface area contributed by atoms with Gasteiger partial charge >= 0.3 is 0 Å². The normalized spacial score (nSPS) is 20.2. The zero-order valence-electron chi connectivity index (χ0n) is 12.1. The largest absolute Gasteiger partial charge is 0.378 e. The van der Waals surface area contributed by atoms with Gasteiger partial charge in [-0.15, -0.1) is 11.8 Å². The fourth-order valence-electron chi connectivity index (χ4n) is 2.54. The lowest BCUT2D eigenvalue weighted by Crippen LogP contribution is -2.32. The summed E-state index contributed by atoms with van der Waals surface area (Å²) in [7, 11) is 0. The molecular formula is C16H24ClNOS. The Kier molecular flexibility index (Phi) is 7.22. The molecule has 112 valence electrons. The third-order valence-electron chi connectivity index (χ3n) is 3.63. The highest BCUT2D eigenvalue weighted by molar-refractivity contribution is 7.99. The number of thioether (sulfide) groups is 1. The lowest BCUT2D eigenvalue weighted by Gasteiger charge is -2.19. The van der Waals surface area contributed by atoms with Crippen LogP contribution >= 0.6 is 23.4 Å². The average Bonchev–Trinajstić information content (AvgIpc) is 2.97. The quantitative estimate of drug-likeness (QED) is 0.720. The summed E-state index contributed by atoms with van der Waals surface area (Å²) in [6.45, 7) is 4.13. The van der Waals surface area contributed by atoms with Gasteiger partial charge in [-0.1, -0.05) is 30.7 Å². The SMILES string of the molecule is CCNC(CCC1CCCO1)CSc1ccccc1Cl. The molecule has 1 N–H and O–H groups in total. The van der Waals surface area contributed by atoms with Crippen molar-refractivity contribution in [3.05, 3.63) is 29.3 Å². The minimum Gasteiger partial charge on any atom is -0.378 e. The minimum absolute atomic E-state index is 0.487. The average molecular weight is 314 g/mol. The second-order valence-electron chi connectivity index (χ2n) is 5.21. The molecule has 0 bridgehead atoms. The first-order chi connectivity index (χ1) is 9.79. The van der Waals surface area contributed by atoms with Crippen LogP contribution in [0.4, 0.5) is 0 Å². The maximum Gasteiger partial charge on any atom is 0.0576 e. The summed E-state index contributed by atoms with van der Waals surface area (Å²) < 4.78 is 5.71. The van der Waals surface area contributed by atoms with Crippen LogP contribution in [0, 0.1) is 0 Å². The number of hydrogen-bond donors (Lipinski definition) is 1. The molecule has 1 saturated heterocycles. The van der Waals surface area contributed by atoms with E-state index in [-0.39, 0.29) is 0 Å². The van der Waals surface area contributed by atoms with Crippen molar-refractivity contribution >= 4 is 23.4 Å². The molecule has 1 aromatic rings. The predicted octanol–water partition coefficient (Wildman–Crippen LogP) is 4.37. The van der Waals surface area contributed by atoms with E-state index in [0.29, 0.717) is 12.1 Å². The van der Waals surface area contributed by atoms with E-state index in [1.165, 1.54) is 30.6 Å². The van der Waals surface area contributed by atoms with Gasteiger partial charge in [-0.05, 0) is 44.4 Å². The van der Waals surface area contributed by atoms with Crippen molar-refractivity contribution in [2.45, 2.75) is 49.6 Å². The number of halogens is 1. The third kappa shape index (κ3) is 5.28. The maximum absolute atomic E-state index is 6.20. The molecule has 4 heteroatoms. The fraction of sp³-hybridized carbons (Fsp3) is 0.625. The minimum atomic E-state index is 0.487. The molecule has 0 aliphatic carbocycles. The molecule has 0 spiro atoms. The summed E-state index contributed by atoms with van der Waals surface area (Å²) in [5.74, 6) is 1.06. The summed E-state index contributed by atoms with van der Waals surface area (Å²) in [6.07, 6.45) is 5.29. The van der Waals surface area contributed by atoms with E-state index in [2.05, 4.69) is 18.3 Å². The third-order valence-corrected chi connectivity index (χ3v) is 5.31. The van der Waals surface area contributed by atoms with Crippen LogP contribution in [0.3, 0.4) is 0 Å². The molecule has 0 radical (unpaired) electrons. The Bertz CT molecular complexity index is 396. The highest BCUT2D eigenvalue weighted by atomic mass is 35.5. The van der Waals surface area contributed by atoms with Gasteiger partial charge in [0.2, 0.25) is 0 Å². The van der Waals surface area contributed by atoms with E-state index in [4.69, 9.17) is 16.3 Å². The molecule has 1 aromatic carbocycles. The first-order valence-electron chi connectivity index (χ1n) is 7.52. The van der Waals surface area contributed by atoms with Crippen molar-refractivity contribution in [3.8, 4) is 0 Å². The van der Waals surface area contributed by atoms with E-state index in [1.54, 1.807) is 0 Å². The van der Waals surface area contributed by atoms with Crippen molar-refractivity contribution in [1.82, 2.24) is 5.32 Å². The molecule has 2 unspecified atom stereocenters. The Morgan fingerprint density at radius 3 is 3.00 bits per heavy atom. The molecule has 1 fully saturated rings. The second kappa shape index (κ2) is 8.93. The maximum atomic E-state index is 6.20. The van der Waals surface area contributed by atoms with Crippen molar-refractivity contribution in [2.75, 3.05) is 18.9 Å². The monoisotopic (exact) mass is 313 g/mol. The van der Waals surface area contributed by atoms with E-state index in [1.807, 2.05) is 30.0 Å². The first-order valence-corrected chi connectivity index (χ1v) is 8.88. The Balaban J connectivity index is 1.77. The van der Waals surface area contributed by atoms with Gasteiger partial charge in [-0.2, -0.15) is 0 Å².